The van der Waals surface area contributed by atoms with Gasteiger partial charge in [-0.2, -0.15) is 15.3 Å². The van der Waals surface area contributed by atoms with Crippen LogP contribution in [0.1, 0.15) is 0 Å². The van der Waals surface area contributed by atoms with E-state index in [9.17, 15) is 9.82 Å². The maximum absolute atomic E-state index is 10.9. The summed E-state index contributed by atoms with van der Waals surface area (Å²) in [5.74, 6) is 0.339. The van der Waals surface area contributed by atoms with E-state index in [2.05, 4.69) is 20.2 Å². The number of anilines is 2. The Balaban J connectivity index is 1.67. The van der Waals surface area contributed by atoms with Gasteiger partial charge in [0.1, 0.15) is 5.75 Å². The number of carbonyl (C=O) groups excluding carboxylic acids is 1. The van der Waals surface area contributed by atoms with E-state index < -0.39 is 7.12 Å². The molecule has 0 atom stereocenters. The molecular formula is C23H23BN6O5. The molecule has 0 bridgehead atoms. The summed E-state index contributed by atoms with van der Waals surface area (Å²) in [5, 5.41) is 24.0. The minimum Gasteiger partial charge on any atom is -0.508 e. The number of benzene rings is 2. The molecule has 0 aliphatic carbocycles. The molecule has 1 fully saturated rings. The fourth-order valence-electron chi connectivity index (χ4n) is 4.18. The lowest BCUT2D eigenvalue weighted by Gasteiger charge is -2.27. The smallest absolute Gasteiger partial charge is 0.508 e. The van der Waals surface area contributed by atoms with Gasteiger partial charge in [-0.15, -0.1) is 0 Å². The third kappa shape index (κ3) is 4.36. The summed E-state index contributed by atoms with van der Waals surface area (Å²) in [5.41, 5.74) is 10.6. The Hall–Kier alpha value is -4.16. The van der Waals surface area contributed by atoms with Gasteiger partial charge in [0, 0.05) is 35.6 Å². The third-order valence-electron chi connectivity index (χ3n) is 5.97. The molecule has 1 saturated heterocycles. The van der Waals surface area contributed by atoms with Gasteiger partial charge in [0.2, 0.25) is 0 Å². The Morgan fingerprint density at radius 2 is 2.03 bits per heavy atom. The van der Waals surface area contributed by atoms with Gasteiger partial charge in [-0.1, -0.05) is 6.07 Å². The van der Waals surface area contributed by atoms with Crippen molar-refractivity contribution in [1.82, 2.24) is 20.0 Å². The van der Waals surface area contributed by atoms with Crippen LogP contribution in [0.15, 0.2) is 48.9 Å². The largest absolute Gasteiger partial charge is 0.565 e. The molecule has 0 unspecified atom stereocenters. The van der Waals surface area contributed by atoms with Crippen molar-refractivity contribution in [2.45, 2.75) is 0 Å². The van der Waals surface area contributed by atoms with Crippen LogP contribution in [0.2, 0.25) is 0 Å². The topological polar surface area (TPSA) is 138 Å². The maximum Gasteiger partial charge on any atom is 0.565 e. The van der Waals surface area contributed by atoms with Crippen molar-refractivity contribution in [3.8, 4) is 22.6 Å². The first-order valence-electron chi connectivity index (χ1n) is 11.0. The number of hydrogen-bond donors (Lipinski definition) is 2. The number of carbonyl (C=O) groups is 1. The molecule has 11 nitrogen and oxygen atoms in total. The summed E-state index contributed by atoms with van der Waals surface area (Å²) in [4.78, 5) is 13.1. The minimum atomic E-state index is -1.51. The number of methoxy groups -OCH3 is 1. The Kier molecular flexibility index (Phi) is 6.21. The molecule has 178 valence electrons. The van der Waals surface area contributed by atoms with E-state index in [-0.39, 0.29) is 11.9 Å². The average molecular weight is 474 g/mol. The first-order valence-corrected chi connectivity index (χ1v) is 11.0. The molecule has 4 aromatic rings. The molecule has 1 aliphatic rings. The quantitative estimate of drug-likeness (QED) is 0.292. The molecule has 5 rings (SSSR count). The van der Waals surface area contributed by atoms with Gasteiger partial charge in [0.25, 0.3) is 6.47 Å². The molecule has 3 N–H and O–H groups in total. The zero-order chi connectivity index (χ0) is 24.4. The third-order valence-corrected chi connectivity index (χ3v) is 5.97. The molecule has 1 aliphatic heterocycles. The van der Waals surface area contributed by atoms with Gasteiger partial charge >= 0.3 is 7.12 Å². The normalized spacial score (nSPS) is 13.6. The van der Waals surface area contributed by atoms with Crippen LogP contribution in [-0.4, -0.2) is 72.0 Å². The van der Waals surface area contributed by atoms with Gasteiger partial charge in [-0.25, -0.2) is 4.68 Å². The molecule has 0 radical (unpaired) electrons. The van der Waals surface area contributed by atoms with Crippen LogP contribution in [0.4, 0.5) is 11.4 Å². The average Bonchev–Trinajstić information content (AvgIpc) is 3.39. The molecule has 3 heterocycles. The van der Waals surface area contributed by atoms with E-state index in [0.717, 1.165) is 29.7 Å². The summed E-state index contributed by atoms with van der Waals surface area (Å²) < 4.78 is 17.5. The second kappa shape index (κ2) is 9.61. The first-order chi connectivity index (χ1) is 17.1. The number of ether oxygens (including phenoxy) is 2. The fraction of sp³-hybridized carbons (Fsp3) is 0.217. The number of morpholine rings is 1. The summed E-state index contributed by atoms with van der Waals surface area (Å²) in [6, 6.07) is 9.07. The van der Waals surface area contributed by atoms with Crippen molar-refractivity contribution in [2.75, 3.05) is 44.0 Å². The predicted octanol–water partition coefficient (Wildman–Crippen LogP) is 0.770. The Morgan fingerprint density at radius 1 is 1.20 bits per heavy atom. The van der Waals surface area contributed by atoms with E-state index in [4.69, 9.17) is 19.9 Å². The summed E-state index contributed by atoms with van der Waals surface area (Å²) >= 11 is 0. The van der Waals surface area contributed by atoms with Gasteiger partial charge in [0.15, 0.2) is 0 Å². The number of rotatable bonds is 7. The highest BCUT2D eigenvalue weighted by Gasteiger charge is 2.26. The van der Waals surface area contributed by atoms with Crippen LogP contribution in [0.5, 0.6) is 5.75 Å². The molecule has 35 heavy (non-hydrogen) atoms. The number of nitrogens with two attached hydrogens (primary N) is 1. The van der Waals surface area contributed by atoms with Crippen LogP contribution in [0.3, 0.4) is 0 Å². The lowest BCUT2D eigenvalue weighted by atomic mass is 9.77. The van der Waals surface area contributed by atoms with Gasteiger partial charge in [0.05, 0.1) is 61.5 Å². The minimum absolute atomic E-state index is 0.189. The summed E-state index contributed by atoms with van der Waals surface area (Å²) in [7, 11) is -0.0281. The van der Waals surface area contributed by atoms with Crippen LogP contribution >= 0.6 is 0 Å². The fourth-order valence-corrected chi connectivity index (χ4v) is 4.18. The van der Waals surface area contributed by atoms with E-state index >= 15 is 0 Å². The molecule has 0 spiro atoms. The standard InChI is InChI=1S/C23H23BN6O5/c1-33-23-10-22(30-13-16(11-27-30)29-4-6-34-7-5-29)18(9-19(23)24(32)35-14-31)15-2-3-17-20(25)12-26-28-21(17)8-15/h2-3,8-14,32H,4-7H2,1H3,(H2,25,28). The second-order valence-corrected chi connectivity index (χ2v) is 7.97. The van der Waals surface area contributed by atoms with Crippen LogP contribution in [-0.2, 0) is 14.2 Å². The molecule has 0 saturated carbocycles. The van der Waals surface area contributed by atoms with Crippen LogP contribution in [0, 0.1) is 0 Å². The van der Waals surface area contributed by atoms with Crippen molar-refractivity contribution in [3.05, 3.63) is 48.9 Å². The molecule has 12 heteroatoms. The van der Waals surface area contributed by atoms with E-state index in [1.54, 1.807) is 23.0 Å². The van der Waals surface area contributed by atoms with Gasteiger partial charge in [-0.05, 0) is 23.8 Å². The van der Waals surface area contributed by atoms with Crippen molar-refractivity contribution in [1.29, 1.82) is 0 Å². The highest BCUT2D eigenvalue weighted by molar-refractivity contribution is 6.62. The lowest BCUT2D eigenvalue weighted by Crippen LogP contribution is -2.36. The second-order valence-electron chi connectivity index (χ2n) is 7.97. The van der Waals surface area contributed by atoms with Crippen LogP contribution in [0.25, 0.3) is 27.7 Å². The van der Waals surface area contributed by atoms with Crippen molar-refractivity contribution < 1.29 is 23.9 Å². The van der Waals surface area contributed by atoms with Crippen molar-refractivity contribution >= 4 is 41.3 Å². The lowest BCUT2D eigenvalue weighted by molar-refractivity contribution is -0.121. The number of nitrogen functional groups attached to an aromatic ring is 1. The van der Waals surface area contributed by atoms with Gasteiger partial charge < -0.3 is 29.8 Å². The number of nitrogens with zero attached hydrogens (tertiary/aromatic N) is 5. The zero-order valence-electron chi connectivity index (χ0n) is 19.0. The van der Waals surface area contributed by atoms with E-state index in [1.807, 2.05) is 24.4 Å². The summed E-state index contributed by atoms with van der Waals surface area (Å²) in [6.45, 7) is 3.07. The number of aromatic nitrogens is 4. The molecular weight excluding hydrogens is 451 g/mol. The maximum atomic E-state index is 10.9. The molecule has 0 amide bonds. The predicted molar refractivity (Wildman–Crippen MR) is 131 cm³/mol. The SMILES string of the molecule is COc1cc(-n2cc(N3CCOCC3)cn2)c(-c2ccc3c(N)cnnc3c2)cc1B(O)OC=O. The van der Waals surface area contributed by atoms with Gasteiger partial charge in [-0.3, -0.25) is 4.79 Å². The number of hydrogen-bond acceptors (Lipinski definition) is 10. The monoisotopic (exact) mass is 474 g/mol. The highest BCUT2D eigenvalue weighted by atomic mass is 16.6. The van der Waals surface area contributed by atoms with E-state index in [1.165, 1.54) is 13.3 Å². The zero-order valence-corrected chi connectivity index (χ0v) is 19.0. The molecule has 2 aromatic heterocycles. The van der Waals surface area contributed by atoms with E-state index in [0.29, 0.717) is 41.4 Å². The van der Waals surface area contributed by atoms with Crippen LogP contribution < -0.4 is 20.8 Å². The number of fused-ring (bicyclic) bond motifs is 1. The molecule has 2 aromatic carbocycles. The van der Waals surface area contributed by atoms with Crippen molar-refractivity contribution in [3.63, 3.8) is 0 Å². The highest BCUT2D eigenvalue weighted by Crippen LogP contribution is 2.33. The Morgan fingerprint density at radius 3 is 2.80 bits per heavy atom. The Labute approximate surface area is 201 Å². The summed E-state index contributed by atoms with van der Waals surface area (Å²) in [6.07, 6.45) is 5.23. The first kappa shape index (κ1) is 22.6. The van der Waals surface area contributed by atoms with Crippen molar-refractivity contribution in [2.24, 2.45) is 0 Å². The Bertz CT molecular complexity index is 1370.